The number of nitrogens with one attached hydrogen (secondary N) is 2. The summed E-state index contributed by atoms with van der Waals surface area (Å²) in [6.07, 6.45) is 3.66. The molecule has 29 heavy (non-hydrogen) atoms. The molecule has 0 bridgehead atoms. The van der Waals surface area contributed by atoms with E-state index in [0.717, 1.165) is 35.7 Å². The van der Waals surface area contributed by atoms with E-state index in [1.807, 2.05) is 24.3 Å². The number of anilines is 1. The highest BCUT2D eigenvalue weighted by atomic mass is 79.9. The number of methoxy groups -OCH3 is 1. The van der Waals surface area contributed by atoms with Gasteiger partial charge in [-0.05, 0) is 54.8 Å². The fourth-order valence-electron chi connectivity index (χ4n) is 3.68. The quantitative estimate of drug-likeness (QED) is 0.644. The van der Waals surface area contributed by atoms with E-state index in [2.05, 4.69) is 31.3 Å². The molecule has 0 spiro atoms. The highest BCUT2D eigenvalue weighted by molar-refractivity contribution is 9.10. The van der Waals surface area contributed by atoms with Crippen LogP contribution in [0, 0.1) is 0 Å². The van der Waals surface area contributed by atoms with Crippen LogP contribution in [0.3, 0.4) is 0 Å². The SMILES string of the molecule is COC(=O)CNC(=O)c1ccc(NC(=O)C2(c3ccc(Br)cc3)CCCC2)cc1. The molecule has 2 aromatic carbocycles. The average Bonchev–Trinajstić information content (AvgIpc) is 3.24. The molecule has 7 heteroatoms. The molecular formula is C22H23BrN2O4. The van der Waals surface area contributed by atoms with Crippen LogP contribution < -0.4 is 10.6 Å². The van der Waals surface area contributed by atoms with Crippen molar-refractivity contribution in [3.63, 3.8) is 0 Å². The van der Waals surface area contributed by atoms with Gasteiger partial charge in [0, 0.05) is 15.7 Å². The number of hydrogen-bond donors (Lipinski definition) is 2. The first-order valence-electron chi connectivity index (χ1n) is 9.47. The Morgan fingerprint density at radius 3 is 2.21 bits per heavy atom. The topological polar surface area (TPSA) is 84.5 Å². The molecule has 0 radical (unpaired) electrons. The van der Waals surface area contributed by atoms with Crippen molar-refractivity contribution in [1.29, 1.82) is 0 Å². The number of ether oxygens (including phenoxy) is 1. The lowest BCUT2D eigenvalue weighted by atomic mass is 9.78. The molecule has 1 aliphatic carbocycles. The number of carbonyl (C=O) groups excluding carboxylic acids is 3. The maximum absolute atomic E-state index is 13.2. The summed E-state index contributed by atoms with van der Waals surface area (Å²) < 4.78 is 5.48. The van der Waals surface area contributed by atoms with Crippen LogP contribution in [0.1, 0.15) is 41.6 Å². The van der Waals surface area contributed by atoms with E-state index in [9.17, 15) is 14.4 Å². The molecule has 0 heterocycles. The standard InChI is InChI=1S/C22H23BrN2O4/c1-29-19(26)14-24-20(27)15-4-10-18(11-5-15)25-21(28)22(12-2-3-13-22)16-6-8-17(23)9-7-16/h4-11H,2-3,12-14H2,1H3,(H,24,27)(H,25,28). The zero-order chi connectivity index (χ0) is 20.9. The van der Waals surface area contributed by atoms with Crippen molar-refractivity contribution < 1.29 is 19.1 Å². The molecule has 0 aromatic heterocycles. The second-order valence-corrected chi connectivity index (χ2v) is 8.00. The van der Waals surface area contributed by atoms with E-state index in [-0.39, 0.29) is 18.4 Å². The van der Waals surface area contributed by atoms with E-state index < -0.39 is 11.4 Å². The van der Waals surface area contributed by atoms with Gasteiger partial charge < -0.3 is 15.4 Å². The third kappa shape index (κ3) is 4.85. The molecule has 1 aliphatic rings. The minimum Gasteiger partial charge on any atom is -0.468 e. The number of hydrogen-bond acceptors (Lipinski definition) is 4. The highest BCUT2D eigenvalue weighted by Crippen LogP contribution is 2.42. The Hall–Kier alpha value is -2.67. The van der Waals surface area contributed by atoms with Gasteiger partial charge in [-0.15, -0.1) is 0 Å². The Balaban J connectivity index is 1.70. The maximum atomic E-state index is 13.2. The van der Waals surface area contributed by atoms with E-state index >= 15 is 0 Å². The molecule has 1 saturated carbocycles. The lowest BCUT2D eigenvalue weighted by Crippen LogP contribution is -2.38. The maximum Gasteiger partial charge on any atom is 0.325 e. The fraction of sp³-hybridized carbons (Fsp3) is 0.318. The van der Waals surface area contributed by atoms with Gasteiger partial charge in [0.05, 0.1) is 12.5 Å². The summed E-state index contributed by atoms with van der Waals surface area (Å²) in [7, 11) is 1.26. The number of halogens is 1. The predicted octanol–water partition coefficient (Wildman–Crippen LogP) is 3.80. The molecular weight excluding hydrogens is 436 g/mol. The minimum atomic E-state index is -0.530. The first-order chi connectivity index (χ1) is 13.9. The summed E-state index contributed by atoms with van der Waals surface area (Å²) in [5.74, 6) is -0.923. The molecule has 0 unspecified atom stereocenters. The third-order valence-electron chi connectivity index (χ3n) is 5.31. The van der Waals surface area contributed by atoms with Crippen molar-refractivity contribution in [2.24, 2.45) is 0 Å². The molecule has 0 aliphatic heterocycles. The summed E-state index contributed by atoms with van der Waals surface area (Å²) in [4.78, 5) is 36.4. The van der Waals surface area contributed by atoms with Crippen molar-refractivity contribution in [2.75, 3.05) is 19.0 Å². The largest absolute Gasteiger partial charge is 0.468 e. The first kappa shape index (κ1) is 21.0. The molecule has 0 atom stereocenters. The van der Waals surface area contributed by atoms with Crippen LogP contribution in [0.4, 0.5) is 5.69 Å². The van der Waals surface area contributed by atoms with E-state index in [0.29, 0.717) is 11.3 Å². The molecule has 2 aromatic rings. The Bertz CT molecular complexity index is 888. The summed E-state index contributed by atoms with van der Waals surface area (Å²) in [6, 6.07) is 14.5. The van der Waals surface area contributed by atoms with Gasteiger partial charge in [0.1, 0.15) is 6.54 Å². The number of benzene rings is 2. The first-order valence-corrected chi connectivity index (χ1v) is 10.3. The number of esters is 1. The molecule has 152 valence electrons. The van der Waals surface area contributed by atoms with Crippen LogP contribution >= 0.6 is 15.9 Å². The molecule has 2 amide bonds. The highest BCUT2D eigenvalue weighted by Gasteiger charge is 2.42. The predicted molar refractivity (Wildman–Crippen MR) is 114 cm³/mol. The van der Waals surface area contributed by atoms with Crippen LogP contribution in [-0.4, -0.2) is 31.4 Å². The molecule has 3 rings (SSSR count). The Morgan fingerprint density at radius 1 is 1.00 bits per heavy atom. The monoisotopic (exact) mass is 458 g/mol. The van der Waals surface area contributed by atoms with Gasteiger partial charge in [-0.25, -0.2) is 0 Å². The Kier molecular flexibility index (Phi) is 6.69. The van der Waals surface area contributed by atoms with Crippen LogP contribution in [0.2, 0.25) is 0 Å². The van der Waals surface area contributed by atoms with E-state index in [1.54, 1.807) is 24.3 Å². The lowest BCUT2D eigenvalue weighted by Gasteiger charge is -2.28. The average molecular weight is 459 g/mol. The zero-order valence-electron chi connectivity index (χ0n) is 16.2. The third-order valence-corrected chi connectivity index (χ3v) is 5.84. The van der Waals surface area contributed by atoms with Crippen LogP contribution in [0.15, 0.2) is 53.0 Å². The van der Waals surface area contributed by atoms with Gasteiger partial charge in [-0.1, -0.05) is 40.9 Å². The fourth-order valence-corrected chi connectivity index (χ4v) is 3.94. The van der Waals surface area contributed by atoms with Gasteiger partial charge in [-0.3, -0.25) is 14.4 Å². The molecule has 2 N–H and O–H groups in total. The van der Waals surface area contributed by atoms with Gasteiger partial charge in [-0.2, -0.15) is 0 Å². The Labute approximate surface area is 178 Å². The van der Waals surface area contributed by atoms with Crippen LogP contribution in [0.25, 0.3) is 0 Å². The summed E-state index contributed by atoms with van der Waals surface area (Å²) in [5, 5.41) is 5.49. The van der Waals surface area contributed by atoms with Crippen molar-refractivity contribution in [1.82, 2.24) is 5.32 Å². The lowest BCUT2D eigenvalue weighted by molar-refractivity contribution is -0.139. The van der Waals surface area contributed by atoms with Gasteiger partial charge >= 0.3 is 5.97 Å². The second-order valence-electron chi connectivity index (χ2n) is 7.09. The number of rotatable bonds is 6. The normalized spacial score (nSPS) is 14.8. The van der Waals surface area contributed by atoms with E-state index in [1.165, 1.54) is 7.11 Å². The van der Waals surface area contributed by atoms with Crippen molar-refractivity contribution in [2.45, 2.75) is 31.1 Å². The summed E-state index contributed by atoms with van der Waals surface area (Å²) >= 11 is 3.45. The van der Waals surface area contributed by atoms with Crippen LogP contribution in [-0.2, 0) is 19.7 Å². The number of carbonyl (C=O) groups is 3. The second kappa shape index (κ2) is 9.22. The van der Waals surface area contributed by atoms with Crippen LogP contribution in [0.5, 0.6) is 0 Å². The molecule has 6 nitrogen and oxygen atoms in total. The number of amides is 2. The van der Waals surface area contributed by atoms with Gasteiger partial charge in [0.15, 0.2) is 0 Å². The van der Waals surface area contributed by atoms with E-state index in [4.69, 9.17) is 0 Å². The van der Waals surface area contributed by atoms with Crippen molar-refractivity contribution >= 4 is 39.4 Å². The summed E-state index contributed by atoms with van der Waals surface area (Å²) in [5.41, 5.74) is 1.52. The minimum absolute atomic E-state index is 0.0276. The molecule has 0 saturated heterocycles. The van der Waals surface area contributed by atoms with Crippen molar-refractivity contribution in [3.05, 3.63) is 64.1 Å². The Morgan fingerprint density at radius 2 is 1.62 bits per heavy atom. The summed E-state index contributed by atoms with van der Waals surface area (Å²) in [6.45, 7) is -0.191. The van der Waals surface area contributed by atoms with Gasteiger partial charge in [0.2, 0.25) is 5.91 Å². The zero-order valence-corrected chi connectivity index (χ0v) is 17.8. The molecule has 1 fully saturated rings. The van der Waals surface area contributed by atoms with Gasteiger partial charge in [0.25, 0.3) is 5.91 Å². The smallest absolute Gasteiger partial charge is 0.325 e. The van der Waals surface area contributed by atoms with Crippen molar-refractivity contribution in [3.8, 4) is 0 Å².